The number of carbonyl (C=O) groups is 2. The lowest BCUT2D eigenvalue weighted by Crippen LogP contribution is -2.29. The first kappa shape index (κ1) is 24.0. The van der Waals surface area contributed by atoms with Gasteiger partial charge in [0.1, 0.15) is 0 Å². The summed E-state index contributed by atoms with van der Waals surface area (Å²) < 4.78 is 1.86. The fourth-order valence-corrected chi connectivity index (χ4v) is 4.22. The molecule has 1 saturated heterocycles. The Morgan fingerprint density at radius 1 is 1.16 bits per heavy atom. The maximum atomic E-state index is 13.3. The highest BCUT2D eigenvalue weighted by Gasteiger charge is 2.27. The molecule has 3 aromatic rings. The lowest BCUT2D eigenvalue weighted by atomic mass is 9.91. The Balaban J connectivity index is 0.00000289. The minimum Gasteiger partial charge on any atom is -0.322 e. The molecule has 1 amide bonds. The first-order chi connectivity index (χ1) is 15.0. The summed E-state index contributed by atoms with van der Waals surface area (Å²) in [5.74, 6) is -0.0812. The van der Waals surface area contributed by atoms with E-state index in [0.717, 1.165) is 42.9 Å². The second-order valence-corrected chi connectivity index (χ2v) is 8.26. The molecule has 4 rings (SSSR count). The molecule has 168 valence electrons. The number of anilines is 1. The number of benzene rings is 2. The third kappa shape index (κ3) is 4.88. The topological polar surface area (TPSA) is 76.0 Å². The first-order valence-electron chi connectivity index (χ1n) is 10.4. The van der Waals surface area contributed by atoms with Crippen molar-refractivity contribution in [3.8, 4) is 5.69 Å². The summed E-state index contributed by atoms with van der Waals surface area (Å²) in [6.07, 6.45) is 3.47. The van der Waals surface area contributed by atoms with Crippen LogP contribution in [0.25, 0.3) is 5.69 Å². The van der Waals surface area contributed by atoms with E-state index in [2.05, 4.69) is 15.7 Å². The normalized spacial score (nSPS) is 14.0. The fourth-order valence-electron chi connectivity index (χ4n) is 4.05. The van der Waals surface area contributed by atoms with E-state index in [0.29, 0.717) is 21.8 Å². The molecule has 0 atom stereocenters. The van der Waals surface area contributed by atoms with Crippen molar-refractivity contribution >= 4 is 41.4 Å². The molecule has 0 saturated carbocycles. The molecule has 6 nitrogen and oxygen atoms in total. The zero-order chi connectivity index (χ0) is 22.0. The quantitative estimate of drug-likeness (QED) is 0.501. The molecule has 8 heteroatoms. The van der Waals surface area contributed by atoms with Gasteiger partial charge >= 0.3 is 0 Å². The number of carbonyl (C=O) groups excluding carboxylic acids is 2. The number of ketones is 1. The van der Waals surface area contributed by atoms with Gasteiger partial charge in [0.25, 0.3) is 5.91 Å². The summed E-state index contributed by atoms with van der Waals surface area (Å²) in [5.41, 5.74) is 4.37. The van der Waals surface area contributed by atoms with Gasteiger partial charge in [0.15, 0.2) is 5.78 Å². The van der Waals surface area contributed by atoms with Crippen molar-refractivity contribution in [1.82, 2.24) is 15.1 Å². The Labute approximate surface area is 198 Å². The van der Waals surface area contributed by atoms with E-state index in [1.54, 1.807) is 30.5 Å². The Bertz CT molecular complexity index is 1140. The van der Waals surface area contributed by atoms with E-state index >= 15 is 0 Å². The van der Waals surface area contributed by atoms with Crippen molar-refractivity contribution in [1.29, 1.82) is 0 Å². The summed E-state index contributed by atoms with van der Waals surface area (Å²) in [5, 5.41) is 11.6. The maximum Gasteiger partial charge on any atom is 0.259 e. The van der Waals surface area contributed by atoms with Crippen LogP contribution >= 0.6 is 24.0 Å². The summed E-state index contributed by atoms with van der Waals surface area (Å²) >= 11 is 6.36. The lowest BCUT2D eigenvalue weighted by Gasteiger charge is -2.25. The second kappa shape index (κ2) is 10.3. The van der Waals surface area contributed by atoms with Crippen molar-refractivity contribution < 1.29 is 9.59 Å². The Hall–Kier alpha value is -2.67. The van der Waals surface area contributed by atoms with Gasteiger partial charge in [-0.3, -0.25) is 9.59 Å². The van der Waals surface area contributed by atoms with E-state index in [1.807, 2.05) is 29.8 Å². The van der Waals surface area contributed by atoms with Crippen molar-refractivity contribution in [2.24, 2.45) is 0 Å². The van der Waals surface area contributed by atoms with Gasteiger partial charge < -0.3 is 10.6 Å². The highest BCUT2D eigenvalue weighted by molar-refractivity contribution is 6.31. The van der Waals surface area contributed by atoms with Crippen molar-refractivity contribution in [2.45, 2.75) is 32.6 Å². The maximum absolute atomic E-state index is 13.3. The van der Waals surface area contributed by atoms with Crippen LogP contribution in [0.5, 0.6) is 0 Å². The monoisotopic (exact) mass is 472 g/mol. The zero-order valence-electron chi connectivity index (χ0n) is 18.0. The Morgan fingerprint density at radius 3 is 2.59 bits per heavy atom. The van der Waals surface area contributed by atoms with E-state index in [9.17, 15) is 9.59 Å². The molecule has 1 aliphatic heterocycles. The number of hydrogen-bond donors (Lipinski definition) is 2. The van der Waals surface area contributed by atoms with Gasteiger partial charge in [-0.25, -0.2) is 4.68 Å². The molecule has 1 aliphatic rings. The van der Waals surface area contributed by atoms with Crippen LogP contribution < -0.4 is 10.6 Å². The van der Waals surface area contributed by atoms with Crippen molar-refractivity contribution in [3.63, 3.8) is 0 Å². The number of nitrogens with one attached hydrogen (secondary N) is 2. The second-order valence-electron chi connectivity index (χ2n) is 7.85. The Morgan fingerprint density at radius 2 is 1.88 bits per heavy atom. The van der Waals surface area contributed by atoms with Gasteiger partial charge in [-0.2, -0.15) is 5.10 Å². The van der Waals surface area contributed by atoms with E-state index in [1.165, 1.54) is 6.92 Å². The number of amides is 1. The molecule has 1 fully saturated rings. The van der Waals surface area contributed by atoms with Gasteiger partial charge in [0.2, 0.25) is 0 Å². The number of aromatic nitrogens is 2. The Kier molecular flexibility index (Phi) is 7.72. The van der Waals surface area contributed by atoms with Crippen molar-refractivity contribution in [3.05, 3.63) is 76.1 Å². The van der Waals surface area contributed by atoms with Gasteiger partial charge in [0.05, 0.1) is 23.1 Å². The lowest BCUT2D eigenvalue weighted by molar-refractivity contribution is 0.101. The summed E-state index contributed by atoms with van der Waals surface area (Å²) in [7, 11) is 0. The number of halogens is 2. The van der Waals surface area contributed by atoms with Gasteiger partial charge in [0, 0.05) is 22.2 Å². The zero-order valence-corrected chi connectivity index (χ0v) is 19.6. The molecular weight excluding hydrogens is 447 g/mol. The summed E-state index contributed by atoms with van der Waals surface area (Å²) in [6.45, 7) is 5.25. The first-order valence-corrected chi connectivity index (χ1v) is 10.8. The molecule has 2 N–H and O–H groups in total. The van der Waals surface area contributed by atoms with Crippen LogP contribution in [0.15, 0.2) is 48.7 Å². The van der Waals surface area contributed by atoms with Gasteiger partial charge in [-0.15, -0.1) is 12.4 Å². The average Bonchev–Trinajstić information content (AvgIpc) is 3.21. The fraction of sp³-hybridized carbons (Fsp3) is 0.292. The van der Waals surface area contributed by atoms with Crippen LogP contribution in [0.3, 0.4) is 0 Å². The van der Waals surface area contributed by atoms with Gasteiger partial charge in [-0.05, 0) is 69.6 Å². The van der Waals surface area contributed by atoms with Crippen molar-refractivity contribution in [2.75, 3.05) is 18.4 Å². The highest BCUT2D eigenvalue weighted by Crippen LogP contribution is 2.32. The molecule has 32 heavy (non-hydrogen) atoms. The smallest absolute Gasteiger partial charge is 0.259 e. The number of Topliss-reactive ketones (excluding diaryl/α,β-unsaturated/α-hetero) is 1. The summed E-state index contributed by atoms with van der Waals surface area (Å²) in [4.78, 5) is 25.0. The molecule has 0 bridgehead atoms. The molecule has 2 aromatic carbocycles. The SMILES string of the molecule is CC(=O)c1cccc(NC(=O)c2cnn(-c3cccc(Cl)c3C)c2C2CCNCC2)c1.Cl. The highest BCUT2D eigenvalue weighted by atomic mass is 35.5. The number of hydrogen-bond acceptors (Lipinski definition) is 4. The molecule has 0 radical (unpaired) electrons. The third-order valence-electron chi connectivity index (χ3n) is 5.77. The number of nitrogens with zero attached hydrogens (tertiary/aromatic N) is 2. The predicted octanol–water partition coefficient (Wildman–Crippen LogP) is 5.18. The molecular formula is C24H26Cl2N4O2. The average molecular weight is 473 g/mol. The van der Waals surface area contributed by atoms with Crippen LogP contribution in [0.2, 0.25) is 5.02 Å². The third-order valence-corrected chi connectivity index (χ3v) is 6.18. The standard InChI is InChI=1S/C24H25ClN4O2.ClH/c1-15-21(25)7-4-8-22(15)29-23(17-9-11-26-12-10-17)20(14-27-29)24(31)28-19-6-3-5-18(13-19)16(2)30;/h3-8,13-14,17,26H,9-12H2,1-2H3,(H,28,31);1H. The molecule has 0 unspecified atom stereocenters. The minimum absolute atomic E-state index is 0. The number of rotatable bonds is 5. The molecule has 0 spiro atoms. The molecule has 0 aliphatic carbocycles. The van der Waals surface area contributed by atoms with E-state index < -0.39 is 0 Å². The summed E-state index contributed by atoms with van der Waals surface area (Å²) in [6, 6.07) is 12.7. The van der Waals surface area contributed by atoms with E-state index in [-0.39, 0.29) is 30.0 Å². The minimum atomic E-state index is -0.236. The van der Waals surface area contributed by atoms with Crippen LogP contribution in [0, 0.1) is 6.92 Å². The van der Waals surface area contributed by atoms with Crippen LogP contribution in [-0.4, -0.2) is 34.6 Å². The number of piperidine rings is 1. The predicted molar refractivity (Wildman–Crippen MR) is 130 cm³/mol. The molecule has 1 aromatic heterocycles. The van der Waals surface area contributed by atoms with Crippen LogP contribution in [0.1, 0.15) is 57.7 Å². The van der Waals surface area contributed by atoms with Gasteiger partial charge in [-0.1, -0.05) is 29.8 Å². The van der Waals surface area contributed by atoms with Crippen LogP contribution in [0.4, 0.5) is 5.69 Å². The van der Waals surface area contributed by atoms with E-state index in [4.69, 9.17) is 11.6 Å². The van der Waals surface area contributed by atoms with Crippen LogP contribution in [-0.2, 0) is 0 Å². The largest absolute Gasteiger partial charge is 0.322 e. The molecule has 2 heterocycles.